The third-order valence-corrected chi connectivity index (χ3v) is 5.87. The molecule has 1 aromatic heterocycles. The molecule has 2 heterocycles. The van der Waals surface area contributed by atoms with E-state index in [2.05, 4.69) is 46.4 Å². The smallest absolute Gasteiger partial charge is 0.282 e. The summed E-state index contributed by atoms with van der Waals surface area (Å²) in [6.07, 6.45) is 2.16. The van der Waals surface area contributed by atoms with Crippen molar-refractivity contribution in [3.8, 4) is 5.75 Å². The fraction of sp³-hybridized carbons (Fsp3) is 0.583. The first-order valence-corrected chi connectivity index (χ1v) is 11.8. The van der Waals surface area contributed by atoms with Crippen LogP contribution in [0.1, 0.15) is 63.5 Å². The first kappa shape index (κ1) is 24.7. The summed E-state index contributed by atoms with van der Waals surface area (Å²) in [7, 11) is 2.00. The number of aliphatic hydroxyl groups is 1. The number of hydrogen-bond donors (Lipinski definition) is 1. The van der Waals surface area contributed by atoms with E-state index in [0.29, 0.717) is 23.3 Å². The van der Waals surface area contributed by atoms with Gasteiger partial charge in [-0.15, -0.1) is 0 Å². The van der Waals surface area contributed by atoms with Crippen LogP contribution in [0.15, 0.2) is 33.7 Å². The molecular formula is C24H34BrN3O4. The van der Waals surface area contributed by atoms with Gasteiger partial charge in [-0.25, -0.2) is 0 Å². The lowest BCUT2D eigenvalue weighted by molar-refractivity contribution is 0.0281. The SMILES string of the molecule is Cn1c(C(C)(C)C)c/c(=N\C(=O)c2cc(Br)ccc2OCC(C)(C)O)n1C[C@H]1CCCO1. The zero-order chi connectivity index (χ0) is 23.7. The molecule has 1 amide bonds. The summed E-state index contributed by atoms with van der Waals surface area (Å²) in [5, 5.41) is 10.0. The minimum absolute atomic E-state index is 0.0629. The number of carbonyl (C=O) groups excluding carboxylic acids is 1. The molecule has 7 nitrogen and oxygen atoms in total. The maximum atomic E-state index is 13.3. The second-order valence-corrected chi connectivity index (χ2v) is 11.0. The Morgan fingerprint density at radius 3 is 2.59 bits per heavy atom. The van der Waals surface area contributed by atoms with Gasteiger partial charge in [0.25, 0.3) is 5.91 Å². The molecule has 0 saturated carbocycles. The molecule has 1 aromatic carbocycles. The summed E-state index contributed by atoms with van der Waals surface area (Å²) >= 11 is 3.43. The molecule has 1 N–H and O–H groups in total. The van der Waals surface area contributed by atoms with Crippen molar-refractivity contribution in [3.05, 3.63) is 45.5 Å². The molecule has 176 valence electrons. The molecule has 3 rings (SSSR count). The molecule has 0 radical (unpaired) electrons. The molecule has 1 saturated heterocycles. The molecule has 1 aliphatic rings. The van der Waals surface area contributed by atoms with Gasteiger partial charge in [-0.3, -0.25) is 14.2 Å². The van der Waals surface area contributed by atoms with Gasteiger partial charge in [0, 0.05) is 35.3 Å². The van der Waals surface area contributed by atoms with Crippen molar-refractivity contribution in [2.75, 3.05) is 13.2 Å². The Morgan fingerprint density at radius 1 is 1.28 bits per heavy atom. The summed E-state index contributed by atoms with van der Waals surface area (Å²) in [4.78, 5) is 17.8. The van der Waals surface area contributed by atoms with Crippen molar-refractivity contribution in [1.82, 2.24) is 9.36 Å². The molecule has 1 fully saturated rings. The van der Waals surface area contributed by atoms with E-state index in [1.807, 2.05) is 17.8 Å². The Balaban J connectivity index is 2.03. The molecule has 0 unspecified atom stereocenters. The zero-order valence-electron chi connectivity index (χ0n) is 19.8. The molecule has 0 spiro atoms. The predicted octanol–water partition coefficient (Wildman–Crippen LogP) is 3.96. The van der Waals surface area contributed by atoms with Crippen LogP contribution in [-0.2, 0) is 23.7 Å². The highest BCUT2D eigenvalue weighted by molar-refractivity contribution is 9.10. The summed E-state index contributed by atoms with van der Waals surface area (Å²) in [6, 6.07) is 7.19. The van der Waals surface area contributed by atoms with Gasteiger partial charge in [-0.05, 0) is 44.9 Å². The molecule has 1 aliphatic heterocycles. The molecule has 0 bridgehead atoms. The second kappa shape index (κ2) is 9.53. The molecule has 8 heteroatoms. The van der Waals surface area contributed by atoms with Crippen molar-refractivity contribution in [2.24, 2.45) is 12.0 Å². The lowest BCUT2D eigenvalue weighted by atomic mass is 9.92. The fourth-order valence-corrected chi connectivity index (χ4v) is 4.14. The van der Waals surface area contributed by atoms with Crippen LogP contribution >= 0.6 is 15.9 Å². The number of ether oxygens (including phenoxy) is 2. The van der Waals surface area contributed by atoms with Gasteiger partial charge in [-0.2, -0.15) is 4.99 Å². The number of halogens is 1. The van der Waals surface area contributed by atoms with E-state index in [4.69, 9.17) is 9.47 Å². The third-order valence-electron chi connectivity index (χ3n) is 5.38. The third kappa shape index (κ3) is 6.11. The van der Waals surface area contributed by atoms with Crippen molar-refractivity contribution in [1.29, 1.82) is 0 Å². The van der Waals surface area contributed by atoms with Crippen LogP contribution in [0.4, 0.5) is 0 Å². The Morgan fingerprint density at radius 2 is 2.00 bits per heavy atom. The normalized spacial score (nSPS) is 17.8. The number of nitrogens with zero attached hydrogens (tertiary/aromatic N) is 3. The summed E-state index contributed by atoms with van der Waals surface area (Å²) < 4.78 is 16.4. The first-order chi connectivity index (χ1) is 14.8. The van der Waals surface area contributed by atoms with Gasteiger partial charge < -0.3 is 14.6 Å². The van der Waals surface area contributed by atoms with Gasteiger partial charge in [0.15, 0.2) is 5.49 Å². The van der Waals surface area contributed by atoms with Crippen LogP contribution < -0.4 is 10.2 Å². The number of rotatable bonds is 6. The Hall–Kier alpha value is -1.90. The minimum atomic E-state index is -1.02. The molecular weight excluding hydrogens is 474 g/mol. The Labute approximate surface area is 198 Å². The minimum Gasteiger partial charge on any atom is -0.490 e. The monoisotopic (exact) mass is 507 g/mol. The van der Waals surface area contributed by atoms with Crippen LogP contribution in [0.25, 0.3) is 0 Å². The van der Waals surface area contributed by atoms with Gasteiger partial charge in [-0.1, -0.05) is 36.7 Å². The van der Waals surface area contributed by atoms with Crippen molar-refractivity contribution in [2.45, 2.75) is 71.1 Å². The standard InChI is InChI=1S/C24H34BrN3O4/c1-23(2,3)20-13-21(28(27(20)6)14-17-8-7-11-31-17)26-22(29)18-12-16(25)9-10-19(18)32-15-24(4,5)30/h9-10,12-13,17,30H,7-8,11,14-15H2,1-6H3/b26-21+/t17-/m1/s1. The highest BCUT2D eigenvalue weighted by Crippen LogP contribution is 2.25. The van der Waals surface area contributed by atoms with Crippen molar-refractivity contribution < 1.29 is 19.4 Å². The van der Waals surface area contributed by atoms with Gasteiger partial charge in [0.05, 0.1) is 23.8 Å². The molecule has 0 aliphatic carbocycles. The highest BCUT2D eigenvalue weighted by Gasteiger charge is 2.24. The van der Waals surface area contributed by atoms with E-state index in [-0.39, 0.29) is 18.1 Å². The summed E-state index contributed by atoms with van der Waals surface area (Å²) in [5.74, 6) is -0.00840. The highest BCUT2D eigenvalue weighted by atomic mass is 79.9. The first-order valence-electron chi connectivity index (χ1n) is 11.0. The lowest BCUT2D eigenvalue weighted by Crippen LogP contribution is -2.30. The van der Waals surface area contributed by atoms with Crippen LogP contribution in [0.2, 0.25) is 0 Å². The quantitative estimate of drug-likeness (QED) is 0.641. The van der Waals surface area contributed by atoms with Crippen LogP contribution in [0.5, 0.6) is 5.75 Å². The molecule has 1 atom stereocenters. The van der Waals surface area contributed by atoms with E-state index in [1.54, 1.807) is 32.0 Å². The number of carbonyl (C=O) groups is 1. The van der Waals surface area contributed by atoms with Gasteiger partial charge in [0.1, 0.15) is 12.4 Å². The Bertz CT molecular complexity index is 1030. The van der Waals surface area contributed by atoms with Crippen LogP contribution in [-0.4, -0.2) is 45.3 Å². The Kier molecular flexibility index (Phi) is 7.37. The predicted molar refractivity (Wildman–Crippen MR) is 127 cm³/mol. The topological polar surface area (TPSA) is 78.0 Å². The number of aromatic nitrogens is 2. The second-order valence-electron chi connectivity index (χ2n) is 10.0. The zero-order valence-corrected chi connectivity index (χ0v) is 21.4. The largest absolute Gasteiger partial charge is 0.490 e. The maximum Gasteiger partial charge on any atom is 0.282 e. The lowest BCUT2D eigenvalue weighted by Gasteiger charge is -2.21. The average Bonchev–Trinajstić information content (AvgIpc) is 3.29. The van der Waals surface area contributed by atoms with E-state index in [9.17, 15) is 9.90 Å². The number of amides is 1. The van der Waals surface area contributed by atoms with E-state index >= 15 is 0 Å². The van der Waals surface area contributed by atoms with E-state index < -0.39 is 11.5 Å². The summed E-state index contributed by atoms with van der Waals surface area (Å²) in [5.41, 5.74) is 0.880. The maximum absolute atomic E-state index is 13.3. The number of benzene rings is 1. The fourth-order valence-electron chi connectivity index (χ4n) is 3.78. The van der Waals surface area contributed by atoms with Gasteiger partial charge >= 0.3 is 0 Å². The number of hydrogen-bond acceptors (Lipinski definition) is 4. The van der Waals surface area contributed by atoms with Crippen LogP contribution in [0, 0.1) is 0 Å². The average molecular weight is 508 g/mol. The van der Waals surface area contributed by atoms with Crippen molar-refractivity contribution in [3.63, 3.8) is 0 Å². The van der Waals surface area contributed by atoms with Gasteiger partial charge in [0.2, 0.25) is 0 Å². The summed E-state index contributed by atoms with van der Waals surface area (Å²) in [6.45, 7) is 11.2. The van der Waals surface area contributed by atoms with Crippen LogP contribution in [0.3, 0.4) is 0 Å². The van der Waals surface area contributed by atoms with E-state index in [1.165, 1.54) is 0 Å². The molecule has 2 aromatic rings. The van der Waals surface area contributed by atoms with Crippen molar-refractivity contribution >= 4 is 21.8 Å². The molecule has 32 heavy (non-hydrogen) atoms. The van der Waals surface area contributed by atoms with E-state index in [0.717, 1.165) is 29.6 Å².